The third-order valence-corrected chi connectivity index (χ3v) is 5.96. The molecule has 4 rings (SSSR count). The zero-order valence-electron chi connectivity index (χ0n) is 16.8. The molecule has 2 aliphatic carbocycles. The Morgan fingerprint density at radius 1 is 0.964 bits per heavy atom. The van der Waals surface area contributed by atoms with Gasteiger partial charge in [-0.25, -0.2) is 0 Å². The van der Waals surface area contributed by atoms with Crippen molar-refractivity contribution in [3.8, 4) is 0 Å². The summed E-state index contributed by atoms with van der Waals surface area (Å²) in [6.45, 7) is 4.12. The number of rotatable bonds is 5. The summed E-state index contributed by atoms with van der Waals surface area (Å²) in [6.07, 6.45) is 8.33. The number of hydrogen-bond donors (Lipinski definition) is 2. The molecule has 2 aromatic rings. The lowest BCUT2D eigenvalue weighted by atomic mass is 9.95. The number of aryl methyl sites for hydroxylation is 1. The molecule has 148 valence electrons. The number of aromatic nitrogens is 1. The molecule has 0 bridgehead atoms. The van der Waals surface area contributed by atoms with Crippen LogP contribution in [0.4, 0.5) is 5.69 Å². The van der Waals surface area contributed by atoms with E-state index in [2.05, 4.69) is 22.1 Å². The van der Waals surface area contributed by atoms with Crippen molar-refractivity contribution in [2.24, 2.45) is 0 Å². The maximum Gasteiger partial charge on any atom is 0.257 e. The van der Waals surface area contributed by atoms with Crippen LogP contribution in [-0.4, -0.2) is 22.4 Å². The summed E-state index contributed by atoms with van der Waals surface area (Å²) in [5.74, 6) is -0.191. The molecule has 2 N–H and O–H groups in total. The van der Waals surface area contributed by atoms with Crippen molar-refractivity contribution in [3.63, 3.8) is 0 Å². The van der Waals surface area contributed by atoms with Crippen molar-refractivity contribution in [1.82, 2.24) is 9.88 Å². The number of amides is 2. The summed E-state index contributed by atoms with van der Waals surface area (Å²) in [4.78, 5) is 25.2. The molecule has 2 aliphatic rings. The highest BCUT2D eigenvalue weighted by Gasteiger charge is 2.24. The lowest BCUT2D eigenvalue weighted by Gasteiger charge is -2.26. The summed E-state index contributed by atoms with van der Waals surface area (Å²) >= 11 is 0. The van der Waals surface area contributed by atoms with Crippen molar-refractivity contribution in [3.05, 3.63) is 52.8 Å². The minimum absolute atomic E-state index is 0.0749. The molecule has 1 aromatic heterocycles. The normalized spacial score (nSPS) is 17.4. The third-order valence-electron chi connectivity index (χ3n) is 5.96. The quantitative estimate of drug-likeness (QED) is 0.787. The van der Waals surface area contributed by atoms with Crippen molar-refractivity contribution >= 4 is 17.5 Å². The largest absolute Gasteiger partial charge is 0.349 e. The van der Waals surface area contributed by atoms with E-state index in [1.807, 2.05) is 25.1 Å². The van der Waals surface area contributed by atoms with Crippen molar-refractivity contribution < 1.29 is 9.59 Å². The zero-order chi connectivity index (χ0) is 19.7. The fourth-order valence-corrected chi connectivity index (χ4v) is 4.34. The highest BCUT2D eigenvalue weighted by Crippen LogP contribution is 2.32. The lowest BCUT2D eigenvalue weighted by molar-refractivity contribution is 0.0949. The third kappa shape index (κ3) is 3.98. The maximum atomic E-state index is 12.9. The second-order valence-corrected chi connectivity index (χ2v) is 8.23. The second-order valence-electron chi connectivity index (χ2n) is 8.23. The average Bonchev–Trinajstić information content (AvgIpc) is 3.45. The Hall–Kier alpha value is -2.56. The van der Waals surface area contributed by atoms with Crippen LogP contribution in [0.25, 0.3) is 0 Å². The Kier molecular flexibility index (Phi) is 5.25. The molecular formula is C23H29N3O2. The number of benzene rings is 1. The number of carbonyl (C=O) groups is 2. The summed E-state index contributed by atoms with van der Waals surface area (Å²) in [7, 11) is 0. The molecule has 0 atom stereocenters. The van der Waals surface area contributed by atoms with E-state index in [0.717, 1.165) is 29.8 Å². The van der Waals surface area contributed by atoms with Crippen LogP contribution in [0.3, 0.4) is 0 Å². The van der Waals surface area contributed by atoms with Crippen LogP contribution < -0.4 is 10.6 Å². The molecule has 0 saturated heterocycles. The zero-order valence-corrected chi connectivity index (χ0v) is 16.8. The topological polar surface area (TPSA) is 63.1 Å². The fraction of sp³-hybridized carbons (Fsp3) is 0.478. The highest BCUT2D eigenvalue weighted by molar-refractivity contribution is 6.06. The molecule has 0 spiro atoms. The minimum atomic E-state index is -0.116. The predicted octanol–water partition coefficient (Wildman–Crippen LogP) is 4.75. The number of carbonyl (C=O) groups excluding carboxylic acids is 2. The van der Waals surface area contributed by atoms with E-state index in [0.29, 0.717) is 23.3 Å². The molecule has 0 aliphatic heterocycles. The summed E-state index contributed by atoms with van der Waals surface area (Å²) < 4.78 is 2.34. The smallest absolute Gasteiger partial charge is 0.257 e. The molecule has 2 amide bonds. The van der Waals surface area contributed by atoms with Crippen molar-refractivity contribution in [2.75, 3.05) is 5.32 Å². The fourth-order valence-electron chi connectivity index (χ4n) is 4.34. The Labute approximate surface area is 166 Å². The van der Waals surface area contributed by atoms with Gasteiger partial charge in [0.25, 0.3) is 11.8 Å². The van der Waals surface area contributed by atoms with E-state index in [1.165, 1.54) is 32.1 Å². The number of anilines is 1. The second kappa shape index (κ2) is 7.82. The van der Waals surface area contributed by atoms with Gasteiger partial charge in [-0.15, -0.1) is 0 Å². The van der Waals surface area contributed by atoms with Crippen molar-refractivity contribution in [1.29, 1.82) is 0 Å². The molecule has 2 saturated carbocycles. The van der Waals surface area contributed by atoms with Gasteiger partial charge in [0.2, 0.25) is 0 Å². The Bertz CT molecular complexity index is 889. The van der Waals surface area contributed by atoms with E-state index in [-0.39, 0.29) is 11.8 Å². The van der Waals surface area contributed by atoms with Gasteiger partial charge in [0.15, 0.2) is 0 Å². The van der Waals surface area contributed by atoms with Gasteiger partial charge >= 0.3 is 0 Å². The van der Waals surface area contributed by atoms with E-state index in [9.17, 15) is 9.59 Å². The predicted molar refractivity (Wildman–Crippen MR) is 111 cm³/mol. The number of hydrogen-bond acceptors (Lipinski definition) is 2. The molecule has 1 heterocycles. The molecule has 2 fully saturated rings. The number of nitrogens with zero attached hydrogens (tertiary/aromatic N) is 1. The molecule has 5 nitrogen and oxygen atoms in total. The van der Waals surface area contributed by atoms with Crippen LogP contribution in [0.5, 0.6) is 0 Å². The van der Waals surface area contributed by atoms with Gasteiger partial charge in [-0.3, -0.25) is 9.59 Å². The van der Waals surface area contributed by atoms with Crippen LogP contribution in [0.15, 0.2) is 30.3 Å². The Balaban J connectivity index is 1.50. The van der Waals surface area contributed by atoms with Crippen LogP contribution in [0.2, 0.25) is 0 Å². The average molecular weight is 380 g/mol. The summed E-state index contributed by atoms with van der Waals surface area (Å²) in [5.41, 5.74) is 4.13. The first-order chi connectivity index (χ1) is 13.5. The van der Waals surface area contributed by atoms with Gasteiger partial charge in [-0.2, -0.15) is 0 Å². The highest BCUT2D eigenvalue weighted by atomic mass is 16.2. The van der Waals surface area contributed by atoms with Gasteiger partial charge in [-0.05, 0) is 63.8 Å². The molecule has 5 heteroatoms. The molecule has 0 unspecified atom stereocenters. The van der Waals surface area contributed by atoms with E-state index < -0.39 is 0 Å². The van der Waals surface area contributed by atoms with Crippen LogP contribution in [0, 0.1) is 13.8 Å². The van der Waals surface area contributed by atoms with Gasteiger partial charge in [0, 0.05) is 34.7 Å². The van der Waals surface area contributed by atoms with Gasteiger partial charge in [-0.1, -0.05) is 25.3 Å². The van der Waals surface area contributed by atoms with Gasteiger partial charge < -0.3 is 15.2 Å². The molecular weight excluding hydrogens is 350 g/mol. The minimum Gasteiger partial charge on any atom is -0.349 e. The number of nitrogens with one attached hydrogen (secondary N) is 2. The maximum absolute atomic E-state index is 12.9. The first-order valence-electron chi connectivity index (χ1n) is 10.4. The van der Waals surface area contributed by atoms with E-state index >= 15 is 0 Å². The molecule has 1 aromatic carbocycles. The van der Waals surface area contributed by atoms with Crippen LogP contribution >= 0.6 is 0 Å². The van der Waals surface area contributed by atoms with Crippen LogP contribution in [-0.2, 0) is 0 Å². The van der Waals surface area contributed by atoms with Crippen LogP contribution in [0.1, 0.15) is 83.1 Å². The summed E-state index contributed by atoms with van der Waals surface area (Å²) in [6, 6.07) is 9.97. The van der Waals surface area contributed by atoms with E-state index in [4.69, 9.17) is 0 Å². The molecule has 28 heavy (non-hydrogen) atoms. The Morgan fingerprint density at radius 3 is 2.43 bits per heavy atom. The molecule has 0 radical (unpaired) electrons. The Morgan fingerprint density at radius 2 is 1.71 bits per heavy atom. The SMILES string of the molecule is Cc1cc(C(=O)Nc2cccc(C(=O)NC3CC3)c2)c(C)n1C1CCCCC1. The lowest BCUT2D eigenvalue weighted by Crippen LogP contribution is -2.25. The first kappa shape index (κ1) is 18.8. The first-order valence-corrected chi connectivity index (χ1v) is 10.4. The van der Waals surface area contributed by atoms with Crippen molar-refractivity contribution in [2.45, 2.75) is 70.9 Å². The standard InChI is InChI=1S/C23H29N3O2/c1-15-13-21(16(2)26(15)20-9-4-3-5-10-20)23(28)25-19-8-6-7-17(14-19)22(27)24-18-11-12-18/h6-8,13-14,18,20H,3-5,9-12H2,1-2H3,(H,24,27)(H,25,28). The van der Waals surface area contributed by atoms with Gasteiger partial charge in [0.05, 0.1) is 5.56 Å². The van der Waals surface area contributed by atoms with Gasteiger partial charge in [0.1, 0.15) is 0 Å². The monoisotopic (exact) mass is 379 g/mol. The summed E-state index contributed by atoms with van der Waals surface area (Å²) in [5, 5.41) is 5.96. The van der Waals surface area contributed by atoms with E-state index in [1.54, 1.807) is 12.1 Å².